The molecular formula is C21H25FN2O3. The van der Waals surface area contributed by atoms with Gasteiger partial charge in [0.15, 0.2) is 5.82 Å². The fourth-order valence-corrected chi connectivity index (χ4v) is 3.20. The Hall–Kier alpha value is -2.63. The van der Waals surface area contributed by atoms with Gasteiger partial charge in [-0.05, 0) is 37.5 Å². The van der Waals surface area contributed by atoms with E-state index in [2.05, 4.69) is 4.98 Å². The number of nitrogens with zero attached hydrogens (tertiary/aromatic N) is 2. The van der Waals surface area contributed by atoms with Gasteiger partial charge in [-0.15, -0.1) is 0 Å². The Bertz CT molecular complexity index is 789. The molecule has 1 aromatic carbocycles. The third-order valence-electron chi connectivity index (χ3n) is 4.64. The SMILES string of the molecule is CCOc1cc(N2CC(Oc3ccc([C@H](C)CC(C)=O)cc3)C2)c(F)cn1. The van der Waals surface area contributed by atoms with Crippen LogP contribution in [0.4, 0.5) is 10.1 Å². The zero-order chi connectivity index (χ0) is 19.4. The van der Waals surface area contributed by atoms with Gasteiger partial charge in [-0.25, -0.2) is 9.37 Å². The molecule has 1 aliphatic heterocycles. The average Bonchev–Trinajstić information content (AvgIpc) is 2.60. The van der Waals surface area contributed by atoms with Gasteiger partial charge in [0.25, 0.3) is 0 Å². The van der Waals surface area contributed by atoms with E-state index in [0.717, 1.165) is 11.3 Å². The molecule has 0 bridgehead atoms. The molecular weight excluding hydrogens is 347 g/mol. The van der Waals surface area contributed by atoms with Crippen LogP contribution in [0.25, 0.3) is 0 Å². The van der Waals surface area contributed by atoms with E-state index in [1.807, 2.05) is 43.0 Å². The number of Topliss-reactive ketones (excluding diaryl/α,β-unsaturated/α-hetero) is 1. The fourth-order valence-electron chi connectivity index (χ4n) is 3.20. The number of benzene rings is 1. The van der Waals surface area contributed by atoms with Gasteiger partial charge < -0.3 is 19.2 Å². The lowest BCUT2D eigenvalue weighted by Crippen LogP contribution is -2.54. The molecule has 1 aliphatic rings. The van der Waals surface area contributed by atoms with Crippen molar-refractivity contribution < 1.29 is 18.7 Å². The first-order chi connectivity index (χ1) is 13.0. The van der Waals surface area contributed by atoms with Crippen LogP contribution in [0, 0.1) is 5.82 Å². The second-order valence-electron chi connectivity index (χ2n) is 6.93. The summed E-state index contributed by atoms with van der Waals surface area (Å²) in [7, 11) is 0. The van der Waals surface area contributed by atoms with Gasteiger partial charge in [0.1, 0.15) is 17.6 Å². The lowest BCUT2D eigenvalue weighted by Gasteiger charge is -2.40. The number of hydrogen-bond donors (Lipinski definition) is 0. The van der Waals surface area contributed by atoms with Crippen LogP contribution in [0.3, 0.4) is 0 Å². The van der Waals surface area contributed by atoms with Crippen LogP contribution in [0.1, 0.15) is 38.7 Å². The van der Waals surface area contributed by atoms with E-state index in [1.165, 1.54) is 6.20 Å². The van der Waals surface area contributed by atoms with E-state index in [4.69, 9.17) is 9.47 Å². The quantitative estimate of drug-likeness (QED) is 0.702. The molecule has 5 nitrogen and oxygen atoms in total. The second-order valence-corrected chi connectivity index (χ2v) is 6.93. The predicted molar refractivity (Wildman–Crippen MR) is 102 cm³/mol. The molecule has 3 rings (SSSR count). The smallest absolute Gasteiger partial charge is 0.215 e. The number of carbonyl (C=O) groups excluding carboxylic acids is 1. The summed E-state index contributed by atoms with van der Waals surface area (Å²) in [5.74, 6) is 1.23. The molecule has 2 aromatic rings. The predicted octanol–water partition coefficient (Wildman–Crippen LogP) is 3.97. The maximum absolute atomic E-state index is 14.0. The highest BCUT2D eigenvalue weighted by molar-refractivity contribution is 5.76. The number of aromatic nitrogens is 1. The molecule has 0 aliphatic carbocycles. The van der Waals surface area contributed by atoms with E-state index in [9.17, 15) is 9.18 Å². The zero-order valence-electron chi connectivity index (χ0n) is 15.9. The topological polar surface area (TPSA) is 51.7 Å². The van der Waals surface area contributed by atoms with Crippen LogP contribution in [-0.2, 0) is 4.79 Å². The van der Waals surface area contributed by atoms with E-state index in [-0.39, 0.29) is 23.6 Å². The zero-order valence-corrected chi connectivity index (χ0v) is 15.9. The first kappa shape index (κ1) is 19.1. The molecule has 1 saturated heterocycles. The summed E-state index contributed by atoms with van der Waals surface area (Å²) in [6.07, 6.45) is 1.74. The van der Waals surface area contributed by atoms with Crippen molar-refractivity contribution in [3.63, 3.8) is 0 Å². The monoisotopic (exact) mass is 372 g/mol. The molecule has 1 atom stereocenters. The largest absolute Gasteiger partial charge is 0.487 e. The van der Waals surface area contributed by atoms with Gasteiger partial charge in [-0.1, -0.05) is 19.1 Å². The standard InChI is InChI=1S/C21H25FN2O3/c1-4-26-21-10-20(19(22)11-23-21)24-12-18(13-24)27-17-7-5-16(6-8-17)14(2)9-15(3)25/h5-8,10-11,14,18H,4,9,12-13H2,1-3H3/t14-/m1/s1. The molecule has 0 amide bonds. The van der Waals surface area contributed by atoms with E-state index in [1.54, 1.807) is 13.0 Å². The van der Waals surface area contributed by atoms with Crippen molar-refractivity contribution in [3.05, 3.63) is 47.9 Å². The Morgan fingerprint density at radius 3 is 2.67 bits per heavy atom. The van der Waals surface area contributed by atoms with Gasteiger partial charge in [-0.2, -0.15) is 0 Å². The van der Waals surface area contributed by atoms with Crippen molar-refractivity contribution in [1.82, 2.24) is 4.98 Å². The van der Waals surface area contributed by atoms with E-state index < -0.39 is 0 Å². The number of pyridine rings is 1. The third kappa shape index (κ3) is 4.76. The Kier molecular flexibility index (Phi) is 5.94. The number of halogens is 1. The number of carbonyl (C=O) groups is 1. The molecule has 1 aromatic heterocycles. The minimum absolute atomic E-state index is 0.00796. The number of ether oxygens (including phenoxy) is 2. The maximum atomic E-state index is 14.0. The van der Waals surface area contributed by atoms with Crippen LogP contribution in [0.5, 0.6) is 11.6 Å². The van der Waals surface area contributed by atoms with Crippen molar-refractivity contribution in [3.8, 4) is 11.6 Å². The number of ketones is 1. The first-order valence-electron chi connectivity index (χ1n) is 9.25. The minimum atomic E-state index is -0.360. The highest BCUT2D eigenvalue weighted by Gasteiger charge is 2.31. The van der Waals surface area contributed by atoms with Gasteiger partial charge in [0.05, 0.1) is 31.6 Å². The highest BCUT2D eigenvalue weighted by Crippen LogP contribution is 2.29. The Morgan fingerprint density at radius 1 is 1.33 bits per heavy atom. The molecule has 0 unspecified atom stereocenters. The third-order valence-corrected chi connectivity index (χ3v) is 4.64. The number of rotatable bonds is 8. The van der Waals surface area contributed by atoms with Crippen molar-refractivity contribution >= 4 is 11.5 Å². The Balaban J connectivity index is 1.55. The normalized spacial score (nSPS) is 15.2. The summed E-state index contributed by atoms with van der Waals surface area (Å²) in [4.78, 5) is 17.1. The molecule has 0 radical (unpaired) electrons. The van der Waals surface area contributed by atoms with Crippen molar-refractivity contribution in [2.75, 3.05) is 24.6 Å². The molecule has 27 heavy (non-hydrogen) atoms. The Morgan fingerprint density at radius 2 is 2.04 bits per heavy atom. The summed E-state index contributed by atoms with van der Waals surface area (Å²) in [5, 5.41) is 0. The average molecular weight is 372 g/mol. The summed E-state index contributed by atoms with van der Waals surface area (Å²) >= 11 is 0. The fraction of sp³-hybridized carbons (Fsp3) is 0.429. The molecule has 6 heteroatoms. The van der Waals surface area contributed by atoms with Gasteiger partial charge >= 0.3 is 0 Å². The number of anilines is 1. The van der Waals surface area contributed by atoms with Crippen LogP contribution >= 0.6 is 0 Å². The molecule has 0 N–H and O–H groups in total. The van der Waals surface area contributed by atoms with Gasteiger partial charge in [-0.3, -0.25) is 0 Å². The highest BCUT2D eigenvalue weighted by atomic mass is 19.1. The summed E-state index contributed by atoms with van der Waals surface area (Å²) in [5.41, 5.74) is 1.61. The lowest BCUT2D eigenvalue weighted by molar-refractivity contribution is -0.117. The van der Waals surface area contributed by atoms with E-state index in [0.29, 0.717) is 37.7 Å². The van der Waals surface area contributed by atoms with Crippen molar-refractivity contribution in [2.24, 2.45) is 0 Å². The summed E-state index contributed by atoms with van der Waals surface area (Å²) < 4.78 is 25.3. The maximum Gasteiger partial charge on any atom is 0.215 e. The Labute approximate surface area is 159 Å². The second kappa shape index (κ2) is 8.37. The summed E-state index contributed by atoms with van der Waals surface area (Å²) in [6, 6.07) is 9.47. The van der Waals surface area contributed by atoms with Gasteiger partial charge in [0.2, 0.25) is 5.88 Å². The van der Waals surface area contributed by atoms with Crippen LogP contribution < -0.4 is 14.4 Å². The minimum Gasteiger partial charge on any atom is -0.487 e. The first-order valence-corrected chi connectivity index (χ1v) is 9.25. The van der Waals surface area contributed by atoms with Crippen LogP contribution in [-0.4, -0.2) is 36.6 Å². The van der Waals surface area contributed by atoms with Gasteiger partial charge in [0, 0.05) is 12.5 Å². The van der Waals surface area contributed by atoms with Crippen molar-refractivity contribution in [1.29, 1.82) is 0 Å². The molecule has 0 saturated carbocycles. The van der Waals surface area contributed by atoms with Crippen LogP contribution in [0.15, 0.2) is 36.5 Å². The van der Waals surface area contributed by atoms with E-state index >= 15 is 0 Å². The number of hydrogen-bond acceptors (Lipinski definition) is 5. The van der Waals surface area contributed by atoms with Crippen LogP contribution in [0.2, 0.25) is 0 Å². The molecule has 2 heterocycles. The molecule has 144 valence electrons. The summed E-state index contributed by atoms with van der Waals surface area (Å²) in [6.45, 7) is 7.22. The lowest BCUT2D eigenvalue weighted by atomic mass is 9.96. The van der Waals surface area contributed by atoms with Crippen molar-refractivity contribution in [2.45, 2.75) is 39.2 Å². The molecule has 0 spiro atoms. The molecule has 1 fully saturated rings.